The molecule has 0 fully saturated rings. The van der Waals surface area contributed by atoms with Crippen molar-refractivity contribution in [1.82, 2.24) is 4.90 Å². The van der Waals surface area contributed by atoms with Crippen molar-refractivity contribution < 1.29 is 14.7 Å². The highest BCUT2D eigenvalue weighted by atomic mass is 35.5. The molecule has 1 heterocycles. The van der Waals surface area contributed by atoms with Gasteiger partial charge in [-0.3, -0.25) is 4.79 Å². The first-order valence-corrected chi connectivity index (χ1v) is 9.57. The maximum Gasteiger partial charge on any atom is 0.192 e. The van der Waals surface area contributed by atoms with E-state index in [9.17, 15) is 4.79 Å². The summed E-state index contributed by atoms with van der Waals surface area (Å²) < 4.78 is 5.28. The Kier molecular flexibility index (Phi) is 7.17. The number of unbranched alkanes of at least 4 members (excludes halogenated alkanes) is 1. The molecule has 1 aliphatic heterocycles. The monoisotopic (exact) mass is 394 g/mol. The molecule has 1 N–H and O–H groups in total. The normalized spacial score (nSPS) is 16.6. The lowest BCUT2D eigenvalue weighted by Crippen LogP contribution is -2.18. The van der Waals surface area contributed by atoms with E-state index < -0.39 is 0 Å². The molecule has 5 nitrogen and oxygen atoms in total. The number of ether oxygens (including phenoxy) is 1. The zero-order valence-corrected chi connectivity index (χ0v) is 16.9. The number of nitrogens with zero attached hydrogens (tertiary/aromatic N) is 2. The second-order valence-electron chi connectivity index (χ2n) is 5.90. The number of halogens is 1. The smallest absolute Gasteiger partial charge is 0.192 e. The summed E-state index contributed by atoms with van der Waals surface area (Å²) in [7, 11) is 1.52. The molecule has 0 radical (unpaired) electrons. The fourth-order valence-electron chi connectivity index (χ4n) is 2.67. The molecule has 0 unspecified atom stereocenters. The van der Waals surface area contributed by atoms with Gasteiger partial charge in [-0.25, -0.2) is 0 Å². The summed E-state index contributed by atoms with van der Waals surface area (Å²) >= 11 is 7.47. The number of ketones is 1. The largest absolute Gasteiger partial charge is 0.496 e. The van der Waals surface area contributed by atoms with Crippen LogP contribution in [0.1, 0.15) is 44.0 Å². The molecule has 7 heteroatoms. The number of thioether (sulfide) groups is 1. The zero-order valence-electron chi connectivity index (χ0n) is 15.4. The fraction of sp³-hybridized carbons (Fsp3) is 0.368. The third kappa shape index (κ3) is 4.43. The summed E-state index contributed by atoms with van der Waals surface area (Å²) in [6.45, 7) is 6.63. The van der Waals surface area contributed by atoms with Gasteiger partial charge in [0.05, 0.1) is 28.3 Å². The Hall–Kier alpha value is -1.92. The van der Waals surface area contributed by atoms with Crippen LogP contribution in [0.3, 0.4) is 0 Å². The van der Waals surface area contributed by atoms with E-state index >= 15 is 0 Å². The standard InChI is InChI=1S/C19H23ClN2O3S/c1-5-6-9-22-13(3)19(12(2)21-24)26-18(22)11-16(23)15-10-14(20)7-8-17(15)25-4/h7-8,10-11,24H,5-6,9H2,1-4H3/b18-11-,21-12?. The van der Waals surface area contributed by atoms with Gasteiger partial charge in [0.25, 0.3) is 0 Å². The van der Waals surface area contributed by atoms with Crippen molar-refractivity contribution in [1.29, 1.82) is 0 Å². The van der Waals surface area contributed by atoms with Crippen molar-refractivity contribution in [3.8, 4) is 5.75 Å². The van der Waals surface area contributed by atoms with E-state index in [1.165, 1.54) is 18.9 Å². The van der Waals surface area contributed by atoms with E-state index in [4.69, 9.17) is 21.5 Å². The number of carbonyl (C=O) groups is 1. The first kappa shape index (κ1) is 20.4. The molecule has 0 aromatic heterocycles. The van der Waals surface area contributed by atoms with Gasteiger partial charge in [-0.2, -0.15) is 0 Å². The fourth-order valence-corrected chi connectivity index (χ4v) is 4.00. The van der Waals surface area contributed by atoms with Crippen LogP contribution in [0.15, 0.2) is 45.1 Å². The quantitative estimate of drug-likeness (QED) is 0.223. The average Bonchev–Trinajstić information content (AvgIpc) is 2.94. The maximum atomic E-state index is 12.9. The minimum atomic E-state index is -0.180. The summed E-state index contributed by atoms with van der Waals surface area (Å²) in [4.78, 5) is 15.8. The lowest BCUT2D eigenvalue weighted by Gasteiger charge is -2.21. The van der Waals surface area contributed by atoms with Crippen molar-refractivity contribution in [3.63, 3.8) is 0 Å². The maximum absolute atomic E-state index is 12.9. The topological polar surface area (TPSA) is 62.1 Å². The van der Waals surface area contributed by atoms with E-state index in [2.05, 4.69) is 17.0 Å². The molecule has 0 aliphatic carbocycles. The molecular formula is C19H23ClN2O3S. The molecule has 26 heavy (non-hydrogen) atoms. The predicted molar refractivity (Wildman–Crippen MR) is 107 cm³/mol. The van der Waals surface area contributed by atoms with E-state index in [0.29, 0.717) is 22.0 Å². The molecule has 0 bridgehead atoms. The van der Waals surface area contributed by atoms with E-state index in [1.807, 2.05) is 6.92 Å². The Morgan fingerprint density at radius 3 is 2.81 bits per heavy atom. The first-order valence-electron chi connectivity index (χ1n) is 8.37. The van der Waals surface area contributed by atoms with E-state index in [0.717, 1.165) is 35.0 Å². The minimum Gasteiger partial charge on any atom is -0.496 e. The number of benzene rings is 1. The van der Waals surface area contributed by atoms with Gasteiger partial charge in [-0.1, -0.05) is 41.9 Å². The van der Waals surface area contributed by atoms with Crippen LogP contribution in [-0.4, -0.2) is 35.3 Å². The van der Waals surface area contributed by atoms with Crippen molar-refractivity contribution in [2.24, 2.45) is 5.16 Å². The summed E-state index contributed by atoms with van der Waals surface area (Å²) in [5.41, 5.74) is 1.93. The Balaban J connectivity index is 2.39. The number of allylic oxidation sites excluding steroid dienone is 3. The predicted octanol–water partition coefficient (Wildman–Crippen LogP) is 5.30. The molecular weight excluding hydrogens is 372 g/mol. The Morgan fingerprint density at radius 2 is 2.19 bits per heavy atom. The van der Waals surface area contributed by atoms with Crippen molar-refractivity contribution in [2.45, 2.75) is 33.6 Å². The van der Waals surface area contributed by atoms with Crippen LogP contribution in [0.25, 0.3) is 0 Å². The van der Waals surface area contributed by atoms with Crippen LogP contribution in [-0.2, 0) is 0 Å². The zero-order chi connectivity index (χ0) is 19.3. The van der Waals surface area contributed by atoms with Crippen LogP contribution in [0.2, 0.25) is 5.02 Å². The molecule has 1 aromatic carbocycles. The van der Waals surface area contributed by atoms with Gasteiger partial charge in [-0.15, -0.1) is 0 Å². The second kappa shape index (κ2) is 9.14. The molecule has 2 rings (SSSR count). The second-order valence-corrected chi connectivity index (χ2v) is 7.37. The summed E-state index contributed by atoms with van der Waals surface area (Å²) in [5.74, 6) is 0.304. The lowest BCUT2D eigenvalue weighted by atomic mass is 10.1. The Bertz CT molecular complexity index is 787. The number of rotatable bonds is 7. The number of carbonyl (C=O) groups excluding carboxylic acids is 1. The number of hydrogen-bond acceptors (Lipinski definition) is 6. The van der Waals surface area contributed by atoms with Gasteiger partial charge >= 0.3 is 0 Å². The minimum absolute atomic E-state index is 0.180. The average molecular weight is 395 g/mol. The highest BCUT2D eigenvalue weighted by molar-refractivity contribution is 8.07. The highest BCUT2D eigenvalue weighted by Gasteiger charge is 2.28. The van der Waals surface area contributed by atoms with Gasteiger partial charge in [-0.05, 0) is 38.5 Å². The Morgan fingerprint density at radius 1 is 1.46 bits per heavy atom. The van der Waals surface area contributed by atoms with Crippen molar-refractivity contribution >= 4 is 34.9 Å². The summed E-state index contributed by atoms with van der Waals surface area (Å²) in [6.07, 6.45) is 3.63. The SMILES string of the molecule is CCCCN1C(C)=C(C(C)=NO)S/C1=C\C(=O)c1cc(Cl)ccc1OC. The number of methoxy groups -OCH3 is 1. The highest BCUT2D eigenvalue weighted by Crippen LogP contribution is 2.42. The molecule has 0 saturated carbocycles. The molecule has 1 aromatic rings. The summed E-state index contributed by atoms with van der Waals surface area (Å²) in [6, 6.07) is 4.98. The first-order chi connectivity index (χ1) is 12.4. The van der Waals surface area contributed by atoms with Crippen LogP contribution in [0, 0.1) is 0 Å². The van der Waals surface area contributed by atoms with Crippen LogP contribution >= 0.6 is 23.4 Å². The van der Waals surface area contributed by atoms with Gasteiger partial charge in [0.15, 0.2) is 5.78 Å². The molecule has 0 amide bonds. The number of hydrogen-bond donors (Lipinski definition) is 1. The summed E-state index contributed by atoms with van der Waals surface area (Å²) in [5, 5.41) is 13.7. The van der Waals surface area contributed by atoms with Crippen LogP contribution in [0.4, 0.5) is 0 Å². The van der Waals surface area contributed by atoms with Gasteiger partial charge < -0.3 is 14.8 Å². The van der Waals surface area contributed by atoms with Gasteiger partial charge in [0.1, 0.15) is 5.75 Å². The third-order valence-electron chi connectivity index (χ3n) is 4.10. The molecule has 0 atom stereocenters. The molecule has 0 spiro atoms. The molecule has 0 saturated heterocycles. The van der Waals surface area contributed by atoms with E-state index in [-0.39, 0.29) is 5.78 Å². The third-order valence-corrected chi connectivity index (χ3v) is 5.68. The molecule has 140 valence electrons. The Labute approximate surface area is 163 Å². The van der Waals surface area contributed by atoms with Crippen LogP contribution < -0.4 is 4.74 Å². The van der Waals surface area contributed by atoms with Crippen molar-refractivity contribution in [3.05, 3.63) is 50.5 Å². The van der Waals surface area contributed by atoms with Gasteiger partial charge in [0.2, 0.25) is 0 Å². The van der Waals surface area contributed by atoms with E-state index in [1.54, 1.807) is 31.2 Å². The lowest BCUT2D eigenvalue weighted by molar-refractivity contribution is 0.104. The van der Waals surface area contributed by atoms with Crippen LogP contribution in [0.5, 0.6) is 5.75 Å². The molecule has 1 aliphatic rings. The van der Waals surface area contributed by atoms with Crippen molar-refractivity contribution in [2.75, 3.05) is 13.7 Å². The van der Waals surface area contributed by atoms with Gasteiger partial charge in [0, 0.05) is 23.3 Å². The number of oxime groups is 1.